The minimum atomic E-state index is 0.713. The van der Waals surface area contributed by atoms with E-state index in [-0.39, 0.29) is 0 Å². The Labute approximate surface area is 301 Å². The van der Waals surface area contributed by atoms with Gasteiger partial charge in [-0.2, -0.15) is 0 Å². The van der Waals surface area contributed by atoms with Gasteiger partial charge in [0.1, 0.15) is 5.01 Å². The van der Waals surface area contributed by atoms with Crippen LogP contribution in [0, 0.1) is 13.8 Å². The number of rotatable bonds is 6. The molecular weight excluding hydrogens is 639 g/mol. The summed E-state index contributed by atoms with van der Waals surface area (Å²) in [4.78, 5) is 15.2. The Morgan fingerprint density at radius 3 is 1.76 bits per heavy atom. The number of hydrogen-bond acceptors (Lipinski definition) is 4. The van der Waals surface area contributed by atoms with Crippen molar-refractivity contribution in [1.82, 2.24) is 15.0 Å². The van der Waals surface area contributed by atoms with Gasteiger partial charge in [-0.1, -0.05) is 152 Å². The van der Waals surface area contributed by atoms with Gasteiger partial charge in [0.2, 0.25) is 0 Å². The Morgan fingerprint density at radius 2 is 1.04 bits per heavy atom. The van der Waals surface area contributed by atoms with Crippen molar-refractivity contribution >= 4 is 32.3 Å². The second-order valence-electron chi connectivity index (χ2n) is 12.9. The van der Waals surface area contributed by atoms with Crippen molar-refractivity contribution in [2.45, 2.75) is 13.8 Å². The van der Waals surface area contributed by atoms with Crippen LogP contribution in [-0.2, 0) is 0 Å². The van der Waals surface area contributed by atoms with E-state index in [1.807, 2.05) is 36.4 Å². The zero-order valence-electron chi connectivity index (χ0n) is 28.3. The SMILES string of the molecule is Cc1cccc(C)c1-c1nc2cccc(-c3ccc4ccccc4c3-c3ccc(-c4cc(-c5ccccc5)nc(-c5ccccc5)n4)cc3)c2s1. The third-order valence-electron chi connectivity index (χ3n) is 9.63. The summed E-state index contributed by atoms with van der Waals surface area (Å²) in [5.41, 5.74) is 14.4. The highest BCUT2D eigenvalue weighted by atomic mass is 32.1. The fourth-order valence-corrected chi connectivity index (χ4v) is 8.37. The number of aromatic nitrogens is 3. The first kappa shape index (κ1) is 30.8. The largest absolute Gasteiger partial charge is 0.236 e. The second kappa shape index (κ2) is 12.9. The monoisotopic (exact) mass is 671 g/mol. The summed E-state index contributed by atoms with van der Waals surface area (Å²) in [6.45, 7) is 4.35. The van der Waals surface area contributed by atoms with Crippen LogP contribution in [-0.4, -0.2) is 15.0 Å². The number of benzene rings is 7. The van der Waals surface area contributed by atoms with Gasteiger partial charge in [0.15, 0.2) is 5.82 Å². The first-order chi connectivity index (χ1) is 25.1. The van der Waals surface area contributed by atoms with Crippen molar-refractivity contribution in [1.29, 1.82) is 0 Å². The topological polar surface area (TPSA) is 38.7 Å². The zero-order valence-corrected chi connectivity index (χ0v) is 29.2. The van der Waals surface area contributed by atoms with Gasteiger partial charge in [0, 0.05) is 27.8 Å². The Hall–Kier alpha value is -6.23. The molecule has 9 rings (SSSR count). The molecule has 0 N–H and O–H groups in total. The van der Waals surface area contributed by atoms with Crippen LogP contribution >= 0.6 is 11.3 Å². The lowest BCUT2D eigenvalue weighted by molar-refractivity contribution is 1.18. The van der Waals surface area contributed by atoms with Crippen molar-refractivity contribution in [3.63, 3.8) is 0 Å². The van der Waals surface area contributed by atoms with Crippen LogP contribution in [0.5, 0.6) is 0 Å². The highest BCUT2D eigenvalue weighted by Gasteiger charge is 2.19. The molecule has 0 bridgehead atoms. The van der Waals surface area contributed by atoms with E-state index in [1.54, 1.807) is 11.3 Å². The third-order valence-corrected chi connectivity index (χ3v) is 10.7. The Bertz CT molecular complexity index is 2620. The molecule has 0 radical (unpaired) electrons. The summed E-state index contributed by atoms with van der Waals surface area (Å²) in [5, 5.41) is 3.50. The molecule has 3 nitrogen and oxygen atoms in total. The first-order valence-electron chi connectivity index (χ1n) is 17.2. The van der Waals surface area contributed by atoms with Crippen LogP contribution in [0.25, 0.3) is 87.7 Å². The van der Waals surface area contributed by atoms with Crippen molar-refractivity contribution in [2.24, 2.45) is 0 Å². The second-order valence-corrected chi connectivity index (χ2v) is 13.9. The molecule has 0 fully saturated rings. The fourth-order valence-electron chi connectivity index (χ4n) is 7.10. The highest BCUT2D eigenvalue weighted by molar-refractivity contribution is 7.22. The molecule has 2 heterocycles. The van der Waals surface area contributed by atoms with Crippen LogP contribution in [0.3, 0.4) is 0 Å². The van der Waals surface area contributed by atoms with E-state index in [9.17, 15) is 0 Å². The maximum Gasteiger partial charge on any atom is 0.160 e. The van der Waals surface area contributed by atoms with E-state index >= 15 is 0 Å². The molecule has 51 heavy (non-hydrogen) atoms. The number of aryl methyl sites for hydroxylation is 2. The molecule has 0 amide bonds. The normalized spacial score (nSPS) is 11.3. The van der Waals surface area contributed by atoms with Crippen LogP contribution in [0.15, 0.2) is 164 Å². The van der Waals surface area contributed by atoms with Gasteiger partial charge >= 0.3 is 0 Å². The summed E-state index contributed by atoms with van der Waals surface area (Å²) in [7, 11) is 0. The van der Waals surface area contributed by atoms with Crippen LogP contribution in [0.2, 0.25) is 0 Å². The molecule has 9 aromatic rings. The summed E-state index contributed by atoms with van der Waals surface area (Å²) in [5.74, 6) is 0.713. The van der Waals surface area contributed by atoms with E-state index in [0.717, 1.165) is 44.2 Å². The molecule has 0 spiro atoms. The summed E-state index contributed by atoms with van der Waals surface area (Å²) in [6.07, 6.45) is 0. The summed E-state index contributed by atoms with van der Waals surface area (Å²) < 4.78 is 1.20. The maximum absolute atomic E-state index is 5.17. The summed E-state index contributed by atoms with van der Waals surface area (Å²) >= 11 is 1.78. The van der Waals surface area contributed by atoms with Gasteiger partial charge in [-0.25, -0.2) is 15.0 Å². The van der Waals surface area contributed by atoms with Crippen LogP contribution in [0.4, 0.5) is 0 Å². The van der Waals surface area contributed by atoms with E-state index in [0.29, 0.717) is 5.82 Å². The maximum atomic E-state index is 5.17. The number of fused-ring (bicyclic) bond motifs is 2. The molecule has 0 unspecified atom stereocenters. The minimum Gasteiger partial charge on any atom is -0.236 e. The van der Waals surface area contributed by atoms with Gasteiger partial charge in [0.05, 0.1) is 21.6 Å². The molecule has 0 saturated carbocycles. The number of hydrogen-bond donors (Lipinski definition) is 0. The van der Waals surface area contributed by atoms with Crippen molar-refractivity contribution < 1.29 is 0 Å². The smallest absolute Gasteiger partial charge is 0.160 e. The predicted octanol–water partition coefficient (Wildman–Crippen LogP) is 12.9. The lowest BCUT2D eigenvalue weighted by atomic mass is 9.89. The van der Waals surface area contributed by atoms with Crippen molar-refractivity contribution in [2.75, 3.05) is 0 Å². The lowest BCUT2D eigenvalue weighted by Gasteiger charge is -2.15. The average Bonchev–Trinajstić information content (AvgIpc) is 3.62. The third kappa shape index (κ3) is 5.70. The van der Waals surface area contributed by atoms with Gasteiger partial charge in [-0.05, 0) is 64.6 Å². The van der Waals surface area contributed by atoms with Gasteiger partial charge in [0.25, 0.3) is 0 Å². The highest BCUT2D eigenvalue weighted by Crippen LogP contribution is 2.44. The molecule has 0 atom stereocenters. The molecule has 0 aliphatic carbocycles. The van der Waals surface area contributed by atoms with Crippen molar-refractivity contribution in [3.05, 3.63) is 175 Å². The lowest BCUT2D eigenvalue weighted by Crippen LogP contribution is -1.96. The predicted molar refractivity (Wildman–Crippen MR) is 215 cm³/mol. The Balaban J connectivity index is 1.19. The molecule has 0 aliphatic rings. The number of thiazole rings is 1. The first-order valence-corrected chi connectivity index (χ1v) is 18.0. The van der Waals surface area contributed by atoms with E-state index < -0.39 is 0 Å². The fraction of sp³-hybridized carbons (Fsp3) is 0.0426. The van der Waals surface area contributed by atoms with Crippen molar-refractivity contribution in [3.8, 4) is 66.7 Å². The van der Waals surface area contributed by atoms with E-state index in [2.05, 4.69) is 141 Å². The Morgan fingerprint density at radius 1 is 0.431 bits per heavy atom. The quantitative estimate of drug-likeness (QED) is 0.177. The minimum absolute atomic E-state index is 0.713. The van der Waals surface area contributed by atoms with Crippen LogP contribution in [0.1, 0.15) is 11.1 Å². The van der Waals surface area contributed by atoms with Gasteiger partial charge < -0.3 is 0 Å². The van der Waals surface area contributed by atoms with E-state index in [1.165, 1.54) is 48.9 Å². The van der Waals surface area contributed by atoms with Crippen LogP contribution < -0.4 is 0 Å². The van der Waals surface area contributed by atoms with Gasteiger partial charge in [-0.3, -0.25) is 0 Å². The zero-order chi connectivity index (χ0) is 34.3. The molecular formula is C47H33N3S. The molecule has 0 aliphatic heterocycles. The Kier molecular flexibility index (Phi) is 7.79. The molecule has 242 valence electrons. The molecule has 4 heteroatoms. The van der Waals surface area contributed by atoms with E-state index in [4.69, 9.17) is 15.0 Å². The number of nitrogens with zero attached hydrogens (tertiary/aromatic N) is 3. The molecule has 0 saturated heterocycles. The average molecular weight is 672 g/mol. The summed E-state index contributed by atoms with van der Waals surface area (Å²) in [6, 6.07) is 57.7. The van der Waals surface area contributed by atoms with Gasteiger partial charge in [-0.15, -0.1) is 11.3 Å². The molecule has 2 aromatic heterocycles. The molecule has 7 aromatic carbocycles. The standard InChI is InChI=1S/C47H33N3S/c1-30-13-11-14-31(2)43(30)47-50-40-22-12-21-39(45(40)51-47)38-28-27-32-15-9-10-20-37(32)44(38)35-25-23-34(24-26-35)42-29-41(33-16-5-3-6-17-33)48-46(49-42)36-18-7-4-8-19-36/h3-29H,1-2H3.